The molecule has 1 atom stereocenters. The van der Waals surface area contributed by atoms with Gasteiger partial charge in [0.25, 0.3) is 6.17 Å². The van der Waals surface area contributed by atoms with Crippen molar-refractivity contribution in [3.05, 3.63) is 62.9 Å². The number of thioether (sulfide) groups is 1. The first-order valence-electron chi connectivity index (χ1n) is 9.35. The first-order valence-corrected chi connectivity index (χ1v) is 11.4. The second-order valence-corrected chi connectivity index (χ2v) is 8.31. The third-order valence-electron chi connectivity index (χ3n) is 5.00. The number of rotatable bonds is 4. The summed E-state index contributed by atoms with van der Waals surface area (Å²) in [4.78, 5) is 30.7. The fourth-order valence-electron chi connectivity index (χ4n) is 3.65. The van der Waals surface area contributed by atoms with Gasteiger partial charge >= 0.3 is 11.3 Å². The molecule has 1 unspecified atom stereocenters. The van der Waals surface area contributed by atoms with E-state index in [-0.39, 0.29) is 11.5 Å². The molecule has 1 aliphatic heterocycles. The second kappa shape index (κ2) is 8.23. The van der Waals surface area contributed by atoms with Crippen molar-refractivity contribution < 1.29 is 14.2 Å². The van der Waals surface area contributed by atoms with Crippen LogP contribution in [0.1, 0.15) is 25.1 Å². The fraction of sp³-hybridized carbons (Fsp3) is 0.238. The molecular weight excluding hydrogens is 468 g/mol. The molecule has 1 aliphatic rings. The minimum absolute atomic E-state index is 0.0645. The summed E-state index contributed by atoms with van der Waals surface area (Å²) in [6.45, 7) is 1.82. The van der Waals surface area contributed by atoms with Gasteiger partial charge in [-0.15, -0.1) is 0 Å². The Balaban J connectivity index is 2.07. The number of aromatic amines is 1. The SMILES string of the molecule is CCC(=O)N1c2ccccc2-c2c(=O)[nH]c(SC)n[n+]2C1c1ccc(OC)c(Br)c1. The highest BCUT2D eigenvalue weighted by atomic mass is 79.9. The molecule has 0 bridgehead atoms. The first kappa shape index (κ1) is 20.6. The molecule has 0 radical (unpaired) electrons. The molecule has 2 heterocycles. The van der Waals surface area contributed by atoms with Crippen molar-refractivity contribution >= 4 is 39.3 Å². The van der Waals surface area contributed by atoms with Gasteiger partial charge in [0.15, 0.2) is 0 Å². The third kappa shape index (κ3) is 3.31. The molecule has 0 saturated carbocycles. The van der Waals surface area contributed by atoms with Crippen LogP contribution in [0.2, 0.25) is 0 Å². The molecule has 0 spiro atoms. The maximum Gasteiger partial charge on any atom is 0.325 e. The molecule has 0 fully saturated rings. The molecule has 9 heteroatoms. The predicted molar refractivity (Wildman–Crippen MR) is 119 cm³/mol. The number of methoxy groups -OCH3 is 1. The zero-order chi connectivity index (χ0) is 21.4. The van der Waals surface area contributed by atoms with E-state index in [1.165, 1.54) is 11.8 Å². The summed E-state index contributed by atoms with van der Waals surface area (Å²) in [5, 5.41) is 5.15. The van der Waals surface area contributed by atoms with Crippen molar-refractivity contribution in [2.75, 3.05) is 18.3 Å². The van der Waals surface area contributed by atoms with E-state index in [4.69, 9.17) is 4.74 Å². The Hall–Kier alpha value is -2.65. The maximum absolute atomic E-state index is 13.1. The van der Waals surface area contributed by atoms with E-state index >= 15 is 0 Å². The van der Waals surface area contributed by atoms with Gasteiger partial charge in [-0.3, -0.25) is 14.6 Å². The standard InChI is InChI=1S/C21H19BrN4O3S/c1-4-17(27)25-15-8-6-5-7-13(15)18-19(28)23-21(30-3)24-26(18)20(25)12-9-10-16(29-2)14(22)11-12/h5-11,20H,4H2,1-3H3/p+1. The number of para-hydroxylation sites is 1. The van der Waals surface area contributed by atoms with Crippen LogP contribution in [0.3, 0.4) is 0 Å². The van der Waals surface area contributed by atoms with Crippen molar-refractivity contribution in [3.8, 4) is 17.0 Å². The Morgan fingerprint density at radius 2 is 2.10 bits per heavy atom. The Morgan fingerprint density at radius 3 is 2.77 bits per heavy atom. The number of halogens is 1. The van der Waals surface area contributed by atoms with Gasteiger partial charge in [-0.2, -0.15) is 0 Å². The highest BCUT2D eigenvalue weighted by molar-refractivity contribution is 9.10. The zero-order valence-corrected chi connectivity index (χ0v) is 19.1. The van der Waals surface area contributed by atoms with E-state index in [0.717, 1.165) is 10.0 Å². The number of amides is 1. The van der Waals surface area contributed by atoms with E-state index in [1.807, 2.05) is 55.6 Å². The monoisotopic (exact) mass is 487 g/mol. The van der Waals surface area contributed by atoms with E-state index in [9.17, 15) is 9.59 Å². The van der Waals surface area contributed by atoms with Crippen LogP contribution in [-0.2, 0) is 4.79 Å². The number of benzene rings is 2. The van der Waals surface area contributed by atoms with Gasteiger partial charge in [0.05, 0.1) is 22.8 Å². The maximum atomic E-state index is 13.1. The summed E-state index contributed by atoms with van der Waals surface area (Å²) in [6.07, 6.45) is 1.55. The number of hydrogen-bond acceptors (Lipinski definition) is 5. The first-order chi connectivity index (χ1) is 14.5. The number of H-pyrrole nitrogens is 1. The number of hydrogen-bond donors (Lipinski definition) is 1. The number of anilines is 1. The Morgan fingerprint density at radius 1 is 1.33 bits per heavy atom. The molecule has 0 saturated heterocycles. The summed E-state index contributed by atoms with van der Waals surface area (Å²) >= 11 is 4.87. The number of ether oxygens (including phenoxy) is 1. The summed E-state index contributed by atoms with van der Waals surface area (Å²) in [5.74, 6) is 0.613. The van der Waals surface area contributed by atoms with Crippen LogP contribution in [0.5, 0.6) is 5.75 Å². The number of aromatic nitrogens is 3. The van der Waals surface area contributed by atoms with Crippen LogP contribution in [0, 0.1) is 0 Å². The number of nitrogens with one attached hydrogen (secondary N) is 1. The van der Waals surface area contributed by atoms with Crippen molar-refractivity contribution in [2.24, 2.45) is 0 Å². The van der Waals surface area contributed by atoms with E-state index in [1.54, 1.807) is 16.7 Å². The summed E-state index contributed by atoms with van der Waals surface area (Å²) in [5.41, 5.74) is 2.33. The topological polar surface area (TPSA) is 79.2 Å². The average molecular weight is 488 g/mol. The summed E-state index contributed by atoms with van der Waals surface area (Å²) in [7, 11) is 1.60. The van der Waals surface area contributed by atoms with Crippen LogP contribution in [0.25, 0.3) is 11.3 Å². The quantitative estimate of drug-likeness (QED) is 0.449. The fourth-order valence-corrected chi connectivity index (χ4v) is 4.57. The smallest absolute Gasteiger partial charge is 0.325 e. The molecule has 7 nitrogen and oxygen atoms in total. The van der Waals surface area contributed by atoms with Crippen LogP contribution in [0.15, 0.2) is 56.9 Å². The van der Waals surface area contributed by atoms with Crippen molar-refractivity contribution in [3.63, 3.8) is 0 Å². The molecule has 4 rings (SSSR count). The third-order valence-corrected chi connectivity index (χ3v) is 6.19. The molecule has 30 heavy (non-hydrogen) atoms. The normalized spacial score (nSPS) is 14.8. The van der Waals surface area contributed by atoms with Gasteiger partial charge in [0.2, 0.25) is 11.1 Å². The van der Waals surface area contributed by atoms with Gasteiger partial charge in [-0.05, 0) is 57.2 Å². The zero-order valence-electron chi connectivity index (χ0n) is 16.7. The lowest BCUT2D eigenvalue weighted by Gasteiger charge is -2.32. The van der Waals surface area contributed by atoms with E-state index in [0.29, 0.717) is 34.3 Å². The Labute approximate surface area is 186 Å². The molecular formula is C21H20BrN4O3S+. The highest BCUT2D eigenvalue weighted by Crippen LogP contribution is 2.39. The Bertz CT molecular complexity index is 1200. The van der Waals surface area contributed by atoms with Crippen molar-refractivity contribution in [1.29, 1.82) is 0 Å². The lowest BCUT2D eigenvalue weighted by Crippen LogP contribution is -2.60. The second-order valence-electron chi connectivity index (χ2n) is 6.66. The van der Waals surface area contributed by atoms with Gasteiger partial charge in [-0.25, -0.2) is 4.90 Å². The Kier molecular flexibility index (Phi) is 5.66. The lowest BCUT2D eigenvalue weighted by atomic mass is 10.0. The van der Waals surface area contributed by atoms with Crippen LogP contribution in [0.4, 0.5) is 5.69 Å². The summed E-state index contributed by atoms with van der Waals surface area (Å²) < 4.78 is 7.76. The van der Waals surface area contributed by atoms with E-state index in [2.05, 4.69) is 26.0 Å². The van der Waals surface area contributed by atoms with E-state index < -0.39 is 6.17 Å². The van der Waals surface area contributed by atoms with Gasteiger partial charge in [0, 0.05) is 17.1 Å². The predicted octanol–water partition coefficient (Wildman–Crippen LogP) is 3.52. The molecule has 154 valence electrons. The van der Waals surface area contributed by atoms with Gasteiger partial charge in [0.1, 0.15) is 5.75 Å². The molecule has 0 aliphatic carbocycles. The molecule has 1 amide bonds. The van der Waals surface area contributed by atoms with Gasteiger partial charge < -0.3 is 4.74 Å². The molecule has 1 aromatic heterocycles. The molecule has 1 N–H and O–H groups in total. The molecule has 3 aromatic rings. The minimum atomic E-state index is -0.613. The molecule has 2 aromatic carbocycles. The largest absolute Gasteiger partial charge is 0.496 e. The lowest BCUT2D eigenvalue weighted by molar-refractivity contribution is -0.763. The van der Waals surface area contributed by atoms with Crippen molar-refractivity contribution in [1.82, 2.24) is 10.1 Å². The number of fused-ring (bicyclic) bond motifs is 3. The average Bonchev–Trinajstić information content (AvgIpc) is 2.77. The number of carbonyl (C=O) groups is 1. The van der Waals surface area contributed by atoms with Crippen molar-refractivity contribution in [2.45, 2.75) is 24.7 Å². The highest BCUT2D eigenvalue weighted by Gasteiger charge is 2.45. The number of carbonyl (C=O) groups excluding carboxylic acids is 1. The number of nitrogens with zero attached hydrogens (tertiary/aromatic N) is 3. The summed E-state index contributed by atoms with van der Waals surface area (Å²) in [6, 6.07) is 13.0. The minimum Gasteiger partial charge on any atom is -0.496 e. The van der Waals surface area contributed by atoms with Crippen LogP contribution in [-0.4, -0.2) is 29.4 Å². The van der Waals surface area contributed by atoms with Gasteiger partial charge in [-0.1, -0.05) is 30.8 Å². The van der Waals surface area contributed by atoms with Crippen LogP contribution >= 0.6 is 27.7 Å². The van der Waals surface area contributed by atoms with Crippen LogP contribution < -0.4 is 19.9 Å².